The average molecular weight is 674 g/mol. The van der Waals surface area contributed by atoms with E-state index in [0.29, 0.717) is 34.7 Å². The fourth-order valence-corrected chi connectivity index (χ4v) is 7.22. The third-order valence-corrected chi connectivity index (χ3v) is 9.55. The van der Waals surface area contributed by atoms with Crippen LogP contribution in [0, 0.1) is 18.7 Å². The van der Waals surface area contributed by atoms with Crippen molar-refractivity contribution in [2.24, 2.45) is 5.92 Å². The SMILES string of the molecule is Cc1cc(-c2ccc(CS(=O)(=O)c3cccnc3C(F)(F)F)c(F)c2)nc2cnc(NC3CCC(CC(=O)OC(C)(C)C)CC3)nc12. The number of benzene rings is 1. The van der Waals surface area contributed by atoms with Gasteiger partial charge in [-0.2, -0.15) is 13.2 Å². The number of esters is 1. The van der Waals surface area contributed by atoms with E-state index in [9.17, 15) is 26.4 Å². The zero-order valence-corrected chi connectivity index (χ0v) is 27.2. The minimum Gasteiger partial charge on any atom is -0.460 e. The molecule has 0 radical (unpaired) electrons. The Kier molecular flexibility index (Phi) is 9.54. The lowest BCUT2D eigenvalue weighted by Gasteiger charge is -2.29. The monoisotopic (exact) mass is 673 g/mol. The molecule has 4 aromatic rings. The molecule has 1 N–H and O–H groups in total. The number of hydrogen-bond donors (Lipinski definition) is 1. The highest BCUT2D eigenvalue weighted by Gasteiger charge is 2.39. The Morgan fingerprint density at radius 2 is 1.74 bits per heavy atom. The molecule has 1 aliphatic carbocycles. The molecule has 1 saturated carbocycles. The molecule has 0 atom stereocenters. The fourth-order valence-electron chi connectivity index (χ4n) is 5.67. The Morgan fingerprint density at radius 1 is 1.02 bits per heavy atom. The van der Waals surface area contributed by atoms with Crippen LogP contribution in [0.1, 0.15) is 69.7 Å². The molecule has 1 aromatic carbocycles. The van der Waals surface area contributed by atoms with Gasteiger partial charge in [-0.05, 0) is 89.1 Å². The molecule has 0 spiro atoms. The lowest BCUT2D eigenvalue weighted by Crippen LogP contribution is -2.30. The van der Waals surface area contributed by atoms with E-state index in [0.717, 1.165) is 55.6 Å². The van der Waals surface area contributed by atoms with Gasteiger partial charge < -0.3 is 10.1 Å². The number of nitrogens with one attached hydrogen (secondary N) is 1. The molecule has 1 fully saturated rings. The van der Waals surface area contributed by atoms with Gasteiger partial charge in [0.15, 0.2) is 15.5 Å². The van der Waals surface area contributed by atoms with Crippen LogP contribution in [-0.2, 0) is 31.3 Å². The zero-order chi connectivity index (χ0) is 34.1. The van der Waals surface area contributed by atoms with Gasteiger partial charge in [-0.1, -0.05) is 12.1 Å². The summed E-state index contributed by atoms with van der Waals surface area (Å²) in [7, 11) is -4.57. The van der Waals surface area contributed by atoms with Crippen molar-refractivity contribution >= 4 is 32.8 Å². The van der Waals surface area contributed by atoms with Gasteiger partial charge in [0.1, 0.15) is 16.9 Å². The Bertz CT molecular complexity index is 1900. The van der Waals surface area contributed by atoms with Crippen molar-refractivity contribution in [3.8, 4) is 11.3 Å². The van der Waals surface area contributed by atoms with Crippen LogP contribution < -0.4 is 5.32 Å². The predicted molar refractivity (Wildman–Crippen MR) is 167 cm³/mol. The molecule has 0 aliphatic heterocycles. The van der Waals surface area contributed by atoms with Gasteiger partial charge in [0.25, 0.3) is 0 Å². The summed E-state index contributed by atoms with van der Waals surface area (Å²) in [5.41, 5.74) is 0.219. The molecule has 0 bridgehead atoms. The lowest BCUT2D eigenvalue weighted by atomic mass is 9.84. The Balaban J connectivity index is 1.27. The first-order valence-electron chi connectivity index (χ1n) is 15.1. The van der Waals surface area contributed by atoms with Gasteiger partial charge in [-0.25, -0.2) is 27.8 Å². The van der Waals surface area contributed by atoms with Crippen LogP contribution in [0.2, 0.25) is 0 Å². The molecule has 0 saturated heterocycles. The number of hydrogen-bond acceptors (Lipinski definition) is 9. The Morgan fingerprint density at radius 3 is 2.40 bits per heavy atom. The molecule has 0 unspecified atom stereocenters. The minimum absolute atomic E-state index is 0.151. The van der Waals surface area contributed by atoms with Crippen LogP contribution in [0.25, 0.3) is 22.3 Å². The van der Waals surface area contributed by atoms with Crippen LogP contribution in [0.5, 0.6) is 0 Å². The average Bonchev–Trinajstić information content (AvgIpc) is 2.98. The molecule has 1 aliphatic rings. The number of sulfone groups is 1. The maximum atomic E-state index is 15.2. The minimum atomic E-state index is -4.99. The molecule has 3 heterocycles. The lowest BCUT2D eigenvalue weighted by molar-refractivity contribution is -0.156. The van der Waals surface area contributed by atoms with Crippen LogP contribution in [0.3, 0.4) is 0 Å². The number of halogens is 4. The topological polar surface area (TPSA) is 124 Å². The van der Waals surface area contributed by atoms with Crippen molar-refractivity contribution < 1.29 is 35.5 Å². The van der Waals surface area contributed by atoms with Gasteiger partial charge >= 0.3 is 12.1 Å². The first-order valence-corrected chi connectivity index (χ1v) is 16.8. The van der Waals surface area contributed by atoms with E-state index in [4.69, 9.17) is 4.74 Å². The molecule has 9 nitrogen and oxygen atoms in total. The van der Waals surface area contributed by atoms with E-state index in [-0.39, 0.29) is 23.5 Å². The maximum Gasteiger partial charge on any atom is 0.434 e. The second-order valence-corrected chi connectivity index (χ2v) is 14.8. The predicted octanol–water partition coefficient (Wildman–Crippen LogP) is 7.23. The molecule has 250 valence electrons. The van der Waals surface area contributed by atoms with E-state index in [1.165, 1.54) is 12.1 Å². The van der Waals surface area contributed by atoms with Gasteiger partial charge in [0.05, 0.1) is 28.1 Å². The van der Waals surface area contributed by atoms with E-state index in [2.05, 4.69) is 25.3 Å². The second kappa shape index (κ2) is 13.1. The van der Waals surface area contributed by atoms with Gasteiger partial charge in [-0.15, -0.1) is 0 Å². The first-order chi connectivity index (χ1) is 22.0. The molecule has 14 heteroatoms. The number of rotatable bonds is 8. The van der Waals surface area contributed by atoms with Gasteiger partial charge in [-0.3, -0.25) is 9.78 Å². The largest absolute Gasteiger partial charge is 0.460 e. The van der Waals surface area contributed by atoms with E-state index in [1.54, 1.807) is 12.3 Å². The van der Waals surface area contributed by atoms with Crippen molar-refractivity contribution in [3.63, 3.8) is 0 Å². The summed E-state index contributed by atoms with van der Waals surface area (Å²) in [5.74, 6) is -1.33. The highest BCUT2D eigenvalue weighted by molar-refractivity contribution is 7.90. The van der Waals surface area contributed by atoms with E-state index in [1.807, 2.05) is 27.7 Å². The third kappa shape index (κ3) is 8.40. The normalized spacial score (nSPS) is 17.4. The van der Waals surface area contributed by atoms with Crippen molar-refractivity contribution in [2.45, 2.75) is 88.3 Å². The highest BCUT2D eigenvalue weighted by Crippen LogP contribution is 2.34. The quantitative estimate of drug-likeness (QED) is 0.152. The Labute approximate surface area is 270 Å². The molecule has 5 rings (SSSR count). The number of pyridine rings is 2. The maximum absolute atomic E-state index is 15.2. The molecule has 0 amide bonds. The number of carbonyl (C=O) groups excluding carboxylic acids is 1. The van der Waals surface area contributed by atoms with Crippen LogP contribution in [0.4, 0.5) is 23.5 Å². The van der Waals surface area contributed by atoms with Crippen LogP contribution in [0.15, 0.2) is 53.7 Å². The van der Waals surface area contributed by atoms with Crippen molar-refractivity contribution in [2.75, 3.05) is 5.32 Å². The highest BCUT2D eigenvalue weighted by atomic mass is 32.2. The molecule has 3 aromatic heterocycles. The standard InChI is InChI=1S/C33H35F4N5O4S/c1-19-14-25(21-9-10-22(24(34)16-21)18-47(44,45)27-6-5-13-38-30(27)33(35,36)37)41-26-17-39-31(42-29(19)26)40-23-11-7-20(8-12-23)15-28(43)46-32(2,3)4/h5-6,9-10,13-14,16-17,20,23H,7-8,11-12,15,18H2,1-4H3,(H,39,40,42). The zero-order valence-electron chi connectivity index (χ0n) is 26.4. The third-order valence-electron chi connectivity index (χ3n) is 7.86. The summed E-state index contributed by atoms with van der Waals surface area (Å²) in [6.45, 7) is 7.40. The molecule has 47 heavy (non-hydrogen) atoms. The number of ether oxygens (including phenoxy) is 1. The van der Waals surface area contributed by atoms with Crippen molar-refractivity contribution in [1.82, 2.24) is 19.9 Å². The molecular formula is C33H35F4N5O4S. The first kappa shape index (κ1) is 34.1. The van der Waals surface area contributed by atoms with Gasteiger partial charge in [0, 0.05) is 29.8 Å². The summed E-state index contributed by atoms with van der Waals surface area (Å²) >= 11 is 0. The number of nitrogens with zero attached hydrogens (tertiary/aromatic N) is 4. The number of aromatic nitrogens is 4. The Hall–Kier alpha value is -4.20. The summed E-state index contributed by atoms with van der Waals surface area (Å²) < 4.78 is 86.4. The fraction of sp³-hybridized carbons (Fsp3) is 0.424. The van der Waals surface area contributed by atoms with E-state index >= 15 is 4.39 Å². The van der Waals surface area contributed by atoms with Gasteiger partial charge in [0.2, 0.25) is 5.95 Å². The van der Waals surface area contributed by atoms with E-state index < -0.39 is 43.8 Å². The number of alkyl halides is 3. The van der Waals surface area contributed by atoms with Crippen molar-refractivity contribution in [1.29, 1.82) is 0 Å². The smallest absolute Gasteiger partial charge is 0.434 e. The van der Waals surface area contributed by atoms with Crippen LogP contribution >= 0.6 is 0 Å². The number of carbonyl (C=O) groups is 1. The summed E-state index contributed by atoms with van der Waals surface area (Å²) in [6, 6.07) is 7.55. The number of anilines is 1. The second-order valence-electron chi connectivity index (χ2n) is 12.8. The number of aryl methyl sites for hydroxylation is 1. The van der Waals surface area contributed by atoms with Crippen molar-refractivity contribution in [3.05, 3.63) is 71.4 Å². The van der Waals surface area contributed by atoms with Crippen LogP contribution in [-0.4, -0.2) is 46.0 Å². The summed E-state index contributed by atoms with van der Waals surface area (Å²) in [5, 5.41) is 3.38. The summed E-state index contributed by atoms with van der Waals surface area (Å²) in [4.78, 5) is 28.0. The summed E-state index contributed by atoms with van der Waals surface area (Å²) in [6.07, 6.45) is 1.32. The molecular weight excluding hydrogens is 638 g/mol. The number of fused-ring (bicyclic) bond motifs is 1.